The molecule has 2 aromatic rings. The van der Waals surface area contributed by atoms with E-state index in [0.717, 1.165) is 17.7 Å². The normalized spacial score (nSPS) is 20.4. The number of aliphatic carboxylic acids is 1. The molecule has 3 rings (SSSR count). The summed E-state index contributed by atoms with van der Waals surface area (Å²) in [6, 6.07) is 9.92. The molecule has 1 aromatic heterocycles. The Bertz CT molecular complexity index is 741. The average Bonchev–Trinajstić information content (AvgIpc) is 3.09. The quantitative estimate of drug-likeness (QED) is 0.907. The molecule has 0 aliphatic carbocycles. The summed E-state index contributed by atoms with van der Waals surface area (Å²) >= 11 is 0. The lowest BCUT2D eigenvalue weighted by Crippen LogP contribution is -2.47. The minimum atomic E-state index is -0.811. The molecule has 0 spiro atoms. The van der Waals surface area contributed by atoms with Gasteiger partial charge >= 0.3 is 5.97 Å². The number of rotatable bonds is 5. The van der Waals surface area contributed by atoms with Crippen molar-refractivity contribution in [1.82, 2.24) is 14.7 Å². The van der Waals surface area contributed by atoms with E-state index in [1.165, 1.54) is 0 Å². The molecule has 1 saturated heterocycles. The standard InChI is InChI=1S/C19H23N3O3/c1-14-7-9-16(19(24)25)13-21(14)18(23)10-8-15-11-20-22(12-15)17-5-3-2-4-6-17/h2-6,11-12,14,16H,7-10,13H2,1H3,(H,24,25). The van der Waals surface area contributed by atoms with Crippen molar-refractivity contribution in [3.8, 4) is 5.69 Å². The SMILES string of the molecule is CC1CCC(C(=O)O)CN1C(=O)CCc1cnn(-c2ccccc2)c1. The van der Waals surface area contributed by atoms with Crippen molar-refractivity contribution in [1.29, 1.82) is 0 Å². The molecule has 1 aliphatic heterocycles. The first-order valence-corrected chi connectivity index (χ1v) is 8.66. The van der Waals surface area contributed by atoms with Gasteiger partial charge in [-0.05, 0) is 43.9 Å². The van der Waals surface area contributed by atoms with Gasteiger partial charge in [0.25, 0.3) is 0 Å². The van der Waals surface area contributed by atoms with Gasteiger partial charge in [0.05, 0.1) is 17.8 Å². The molecule has 132 valence electrons. The summed E-state index contributed by atoms with van der Waals surface area (Å²) < 4.78 is 1.80. The van der Waals surface area contributed by atoms with Crippen LogP contribution in [0.1, 0.15) is 31.7 Å². The first kappa shape index (κ1) is 17.2. The molecule has 6 heteroatoms. The van der Waals surface area contributed by atoms with E-state index in [2.05, 4.69) is 5.10 Å². The number of hydrogen-bond donors (Lipinski definition) is 1. The molecule has 0 radical (unpaired) electrons. The zero-order valence-corrected chi connectivity index (χ0v) is 14.3. The second-order valence-electron chi connectivity index (χ2n) is 6.64. The lowest BCUT2D eigenvalue weighted by molar-refractivity contribution is -0.147. The van der Waals surface area contributed by atoms with Crippen molar-refractivity contribution >= 4 is 11.9 Å². The largest absolute Gasteiger partial charge is 0.481 e. The number of carbonyl (C=O) groups excluding carboxylic acids is 1. The summed E-state index contributed by atoms with van der Waals surface area (Å²) in [4.78, 5) is 25.5. The summed E-state index contributed by atoms with van der Waals surface area (Å²) in [5, 5.41) is 13.5. The van der Waals surface area contributed by atoms with E-state index >= 15 is 0 Å². The van der Waals surface area contributed by atoms with E-state index in [-0.39, 0.29) is 11.9 Å². The van der Waals surface area contributed by atoms with Crippen LogP contribution in [-0.4, -0.2) is 44.3 Å². The van der Waals surface area contributed by atoms with Crippen LogP contribution in [0.15, 0.2) is 42.7 Å². The lowest BCUT2D eigenvalue weighted by atomic mass is 9.93. The number of para-hydroxylation sites is 1. The molecule has 1 fully saturated rings. The third-order valence-electron chi connectivity index (χ3n) is 4.84. The van der Waals surface area contributed by atoms with Gasteiger partial charge in [-0.1, -0.05) is 18.2 Å². The highest BCUT2D eigenvalue weighted by atomic mass is 16.4. The molecule has 6 nitrogen and oxygen atoms in total. The summed E-state index contributed by atoms with van der Waals surface area (Å²) in [5.74, 6) is -1.24. The summed E-state index contributed by atoms with van der Waals surface area (Å²) in [7, 11) is 0. The topological polar surface area (TPSA) is 75.4 Å². The maximum absolute atomic E-state index is 12.5. The van der Waals surface area contributed by atoms with Crippen molar-refractivity contribution in [2.45, 2.75) is 38.6 Å². The number of benzene rings is 1. The summed E-state index contributed by atoms with van der Waals surface area (Å²) in [6.45, 7) is 2.31. The number of hydrogen-bond acceptors (Lipinski definition) is 3. The highest BCUT2D eigenvalue weighted by Gasteiger charge is 2.32. The second-order valence-corrected chi connectivity index (χ2v) is 6.64. The van der Waals surface area contributed by atoms with Crippen LogP contribution in [0.4, 0.5) is 0 Å². The summed E-state index contributed by atoms with van der Waals surface area (Å²) in [5.41, 5.74) is 1.98. The van der Waals surface area contributed by atoms with E-state index in [4.69, 9.17) is 0 Å². The molecule has 1 aliphatic rings. The molecule has 1 amide bonds. The fourth-order valence-electron chi connectivity index (χ4n) is 3.26. The van der Waals surface area contributed by atoms with Crippen LogP contribution < -0.4 is 0 Å². The van der Waals surface area contributed by atoms with Crippen LogP contribution in [0.25, 0.3) is 5.69 Å². The average molecular weight is 341 g/mol. The predicted octanol–water partition coefficient (Wildman–Crippen LogP) is 2.52. The Labute approximate surface area is 147 Å². The molecule has 1 aromatic carbocycles. The fourth-order valence-corrected chi connectivity index (χ4v) is 3.26. The van der Waals surface area contributed by atoms with Crippen LogP contribution in [0.5, 0.6) is 0 Å². The first-order chi connectivity index (χ1) is 12.0. The van der Waals surface area contributed by atoms with Crippen LogP contribution >= 0.6 is 0 Å². The Morgan fingerprint density at radius 2 is 2.00 bits per heavy atom. The van der Waals surface area contributed by atoms with E-state index < -0.39 is 11.9 Å². The highest BCUT2D eigenvalue weighted by molar-refractivity contribution is 5.78. The Kier molecular flexibility index (Phi) is 5.16. The van der Waals surface area contributed by atoms with Crippen molar-refractivity contribution in [3.05, 3.63) is 48.3 Å². The Morgan fingerprint density at radius 3 is 2.72 bits per heavy atom. The maximum atomic E-state index is 12.5. The molecule has 1 N–H and O–H groups in total. The van der Waals surface area contributed by atoms with Gasteiger partial charge in [-0.3, -0.25) is 9.59 Å². The Morgan fingerprint density at radius 1 is 1.24 bits per heavy atom. The number of carbonyl (C=O) groups is 2. The molecular weight excluding hydrogens is 318 g/mol. The molecule has 0 bridgehead atoms. The number of carboxylic acids is 1. The summed E-state index contributed by atoms with van der Waals surface area (Å²) in [6.07, 6.45) is 6.07. The van der Waals surface area contributed by atoms with E-state index in [9.17, 15) is 14.7 Å². The Hall–Kier alpha value is -2.63. The third kappa shape index (κ3) is 4.07. The predicted molar refractivity (Wildman–Crippen MR) is 93.4 cm³/mol. The van der Waals surface area contributed by atoms with Gasteiger partial charge < -0.3 is 10.0 Å². The van der Waals surface area contributed by atoms with Gasteiger partial charge in [-0.25, -0.2) is 4.68 Å². The van der Waals surface area contributed by atoms with Gasteiger partial charge in [0.15, 0.2) is 0 Å². The number of carboxylic acid groups (broad SMARTS) is 1. The van der Waals surface area contributed by atoms with Crippen LogP contribution in [0.2, 0.25) is 0 Å². The van der Waals surface area contributed by atoms with Crippen LogP contribution in [0, 0.1) is 5.92 Å². The monoisotopic (exact) mass is 341 g/mol. The highest BCUT2D eigenvalue weighted by Crippen LogP contribution is 2.23. The molecule has 2 heterocycles. The number of amides is 1. The fraction of sp³-hybridized carbons (Fsp3) is 0.421. The lowest BCUT2D eigenvalue weighted by Gasteiger charge is -2.36. The maximum Gasteiger partial charge on any atom is 0.308 e. The Balaban J connectivity index is 1.59. The van der Waals surface area contributed by atoms with E-state index in [1.54, 1.807) is 15.8 Å². The zero-order valence-electron chi connectivity index (χ0n) is 14.3. The third-order valence-corrected chi connectivity index (χ3v) is 4.84. The molecule has 2 unspecified atom stereocenters. The van der Waals surface area contributed by atoms with Crippen molar-refractivity contribution in [2.75, 3.05) is 6.54 Å². The van der Waals surface area contributed by atoms with Crippen LogP contribution in [0.3, 0.4) is 0 Å². The molecule has 2 atom stereocenters. The van der Waals surface area contributed by atoms with Gasteiger partial charge in [0.1, 0.15) is 0 Å². The minimum absolute atomic E-state index is 0.0194. The number of aryl methyl sites for hydroxylation is 1. The minimum Gasteiger partial charge on any atom is -0.481 e. The number of nitrogens with zero attached hydrogens (tertiary/aromatic N) is 3. The van der Waals surface area contributed by atoms with Gasteiger partial charge in [-0.15, -0.1) is 0 Å². The van der Waals surface area contributed by atoms with Crippen molar-refractivity contribution in [2.24, 2.45) is 5.92 Å². The zero-order chi connectivity index (χ0) is 17.8. The van der Waals surface area contributed by atoms with Gasteiger partial charge in [0.2, 0.25) is 5.91 Å². The van der Waals surface area contributed by atoms with E-state index in [1.807, 2.05) is 43.5 Å². The first-order valence-electron chi connectivity index (χ1n) is 8.66. The van der Waals surface area contributed by atoms with Gasteiger partial charge in [-0.2, -0.15) is 5.10 Å². The van der Waals surface area contributed by atoms with Crippen molar-refractivity contribution in [3.63, 3.8) is 0 Å². The van der Waals surface area contributed by atoms with Crippen molar-refractivity contribution < 1.29 is 14.7 Å². The molecule has 25 heavy (non-hydrogen) atoms. The second kappa shape index (κ2) is 7.51. The molecule has 0 saturated carbocycles. The van der Waals surface area contributed by atoms with E-state index in [0.29, 0.717) is 25.8 Å². The number of piperidine rings is 1. The number of aromatic nitrogens is 2. The van der Waals surface area contributed by atoms with Crippen LogP contribution in [-0.2, 0) is 16.0 Å². The smallest absolute Gasteiger partial charge is 0.308 e. The van der Waals surface area contributed by atoms with Gasteiger partial charge in [0, 0.05) is 25.2 Å². The molecular formula is C19H23N3O3. The number of likely N-dealkylation sites (tertiary alicyclic amines) is 1.